The third kappa shape index (κ3) is 3.86. The first-order chi connectivity index (χ1) is 10.4. The predicted octanol–water partition coefficient (Wildman–Crippen LogP) is 1.87. The molecule has 2 aromatic rings. The Hall–Kier alpha value is -2.80. The van der Waals surface area contributed by atoms with Crippen LogP contribution in [0.3, 0.4) is 0 Å². The predicted molar refractivity (Wildman–Crippen MR) is 83.5 cm³/mol. The first kappa shape index (κ1) is 15.6. The molecule has 0 radical (unpaired) electrons. The molecule has 0 unspecified atom stereocenters. The van der Waals surface area contributed by atoms with E-state index in [2.05, 4.69) is 4.72 Å². The highest BCUT2D eigenvalue weighted by atomic mass is 32.2. The van der Waals surface area contributed by atoms with Gasteiger partial charge in [-0.1, -0.05) is 30.3 Å². The molecule has 0 fully saturated rings. The molecule has 0 aliphatic heterocycles. The van der Waals surface area contributed by atoms with Crippen LogP contribution in [0.1, 0.15) is 5.56 Å². The van der Waals surface area contributed by atoms with E-state index >= 15 is 0 Å². The molecule has 0 saturated carbocycles. The van der Waals surface area contributed by atoms with Crippen molar-refractivity contribution in [2.24, 2.45) is 5.73 Å². The number of anilines is 1. The first-order valence-electron chi connectivity index (χ1n) is 6.27. The third-order valence-electron chi connectivity index (χ3n) is 2.75. The molecule has 0 spiro atoms. The molecule has 4 N–H and O–H groups in total. The lowest BCUT2D eigenvalue weighted by Crippen LogP contribution is -2.14. The molecule has 0 atom stereocenters. The zero-order valence-electron chi connectivity index (χ0n) is 11.4. The van der Waals surface area contributed by atoms with Crippen LogP contribution in [0, 0.1) is 0 Å². The standard InChI is InChI=1S/C15H14N2O4S/c16-15(19)14(18)10-11-5-4-8-13(9-11)22(20,21)17-12-6-2-1-3-7-12/h1-10,17-18H,(H2,16,19). The Morgan fingerprint density at radius 3 is 2.41 bits per heavy atom. The summed E-state index contributed by atoms with van der Waals surface area (Å²) in [4.78, 5) is 10.8. The number of amides is 1. The van der Waals surface area contributed by atoms with Gasteiger partial charge in [-0.2, -0.15) is 0 Å². The topological polar surface area (TPSA) is 109 Å². The van der Waals surface area contributed by atoms with E-state index in [4.69, 9.17) is 5.73 Å². The molecule has 0 saturated heterocycles. The maximum absolute atomic E-state index is 12.3. The van der Waals surface area contributed by atoms with Gasteiger partial charge in [-0.3, -0.25) is 9.52 Å². The highest BCUT2D eigenvalue weighted by Crippen LogP contribution is 2.18. The average molecular weight is 318 g/mol. The molecular formula is C15H14N2O4S. The van der Waals surface area contributed by atoms with E-state index < -0.39 is 21.7 Å². The maximum atomic E-state index is 12.3. The second-order valence-corrected chi connectivity index (χ2v) is 6.12. The van der Waals surface area contributed by atoms with Gasteiger partial charge in [0.15, 0.2) is 5.76 Å². The molecule has 114 valence electrons. The number of sulfonamides is 1. The largest absolute Gasteiger partial charge is 0.503 e. The van der Waals surface area contributed by atoms with Gasteiger partial charge in [-0.15, -0.1) is 0 Å². The van der Waals surface area contributed by atoms with Crippen LogP contribution in [0.15, 0.2) is 65.3 Å². The fraction of sp³-hybridized carbons (Fsp3) is 0. The lowest BCUT2D eigenvalue weighted by atomic mass is 10.2. The van der Waals surface area contributed by atoms with Crippen molar-refractivity contribution in [3.05, 3.63) is 65.9 Å². The van der Waals surface area contributed by atoms with Crippen LogP contribution in [0.25, 0.3) is 6.08 Å². The van der Waals surface area contributed by atoms with Crippen LogP contribution >= 0.6 is 0 Å². The quantitative estimate of drug-likeness (QED) is 0.577. The van der Waals surface area contributed by atoms with Crippen LogP contribution < -0.4 is 10.5 Å². The number of para-hydroxylation sites is 1. The Kier molecular flexibility index (Phi) is 4.47. The van der Waals surface area contributed by atoms with Crippen molar-refractivity contribution in [2.75, 3.05) is 4.72 Å². The van der Waals surface area contributed by atoms with E-state index in [9.17, 15) is 18.3 Å². The van der Waals surface area contributed by atoms with Crippen LogP contribution in [-0.2, 0) is 14.8 Å². The van der Waals surface area contributed by atoms with Gasteiger partial charge in [0.05, 0.1) is 4.90 Å². The second kappa shape index (κ2) is 6.31. The lowest BCUT2D eigenvalue weighted by molar-refractivity contribution is -0.116. The molecule has 7 heteroatoms. The van der Waals surface area contributed by atoms with Gasteiger partial charge >= 0.3 is 0 Å². The summed E-state index contributed by atoms with van der Waals surface area (Å²) in [6.07, 6.45) is 1.10. The molecule has 2 aromatic carbocycles. The van der Waals surface area contributed by atoms with Gasteiger partial charge in [-0.05, 0) is 35.9 Å². The highest BCUT2D eigenvalue weighted by molar-refractivity contribution is 7.92. The van der Waals surface area contributed by atoms with E-state index in [1.165, 1.54) is 18.2 Å². The van der Waals surface area contributed by atoms with Gasteiger partial charge in [0.2, 0.25) is 0 Å². The van der Waals surface area contributed by atoms with Crippen LogP contribution in [0.2, 0.25) is 0 Å². The molecule has 0 bridgehead atoms. The second-order valence-electron chi connectivity index (χ2n) is 4.44. The number of aliphatic hydroxyl groups excluding tert-OH is 1. The number of rotatable bonds is 5. The van der Waals surface area contributed by atoms with Crippen molar-refractivity contribution >= 4 is 27.7 Å². The molecule has 0 heterocycles. The SMILES string of the molecule is NC(=O)C(O)=Cc1cccc(S(=O)(=O)Nc2ccccc2)c1. The Labute approximate surface area is 128 Å². The zero-order valence-corrected chi connectivity index (χ0v) is 12.2. The van der Waals surface area contributed by atoms with Crippen LogP contribution in [0.4, 0.5) is 5.69 Å². The average Bonchev–Trinajstić information content (AvgIpc) is 2.48. The van der Waals surface area contributed by atoms with E-state index in [1.54, 1.807) is 36.4 Å². The first-order valence-corrected chi connectivity index (χ1v) is 7.75. The number of nitrogens with one attached hydrogen (secondary N) is 1. The molecule has 0 aromatic heterocycles. The minimum atomic E-state index is -3.77. The van der Waals surface area contributed by atoms with Gasteiger partial charge < -0.3 is 10.8 Å². The summed E-state index contributed by atoms with van der Waals surface area (Å²) in [5, 5.41) is 9.33. The summed E-state index contributed by atoms with van der Waals surface area (Å²) < 4.78 is 27.0. The third-order valence-corrected chi connectivity index (χ3v) is 4.13. The fourth-order valence-corrected chi connectivity index (χ4v) is 2.83. The summed E-state index contributed by atoms with van der Waals surface area (Å²) in [7, 11) is -3.77. The molecule has 0 aliphatic rings. The monoisotopic (exact) mass is 318 g/mol. The number of carbonyl (C=O) groups is 1. The summed E-state index contributed by atoms with van der Waals surface area (Å²) in [6.45, 7) is 0. The molecule has 2 rings (SSSR count). The maximum Gasteiger partial charge on any atom is 0.283 e. The highest BCUT2D eigenvalue weighted by Gasteiger charge is 2.14. The van der Waals surface area contributed by atoms with E-state index in [0.29, 0.717) is 11.3 Å². The number of hydrogen-bond acceptors (Lipinski definition) is 4. The van der Waals surface area contributed by atoms with Crippen molar-refractivity contribution in [3.8, 4) is 0 Å². The normalized spacial score (nSPS) is 11.9. The Morgan fingerprint density at radius 1 is 1.09 bits per heavy atom. The van der Waals surface area contributed by atoms with Crippen molar-refractivity contribution < 1.29 is 18.3 Å². The summed E-state index contributed by atoms with van der Waals surface area (Å²) in [6, 6.07) is 14.2. The molecule has 0 aliphatic carbocycles. The number of aliphatic hydroxyl groups is 1. The van der Waals surface area contributed by atoms with E-state index in [1.807, 2.05) is 0 Å². The number of nitrogens with two attached hydrogens (primary N) is 1. The molecule has 22 heavy (non-hydrogen) atoms. The Morgan fingerprint density at radius 2 is 1.77 bits per heavy atom. The summed E-state index contributed by atoms with van der Waals surface area (Å²) >= 11 is 0. The van der Waals surface area contributed by atoms with Gasteiger partial charge in [-0.25, -0.2) is 8.42 Å². The van der Waals surface area contributed by atoms with Crippen molar-refractivity contribution in [3.63, 3.8) is 0 Å². The van der Waals surface area contributed by atoms with Gasteiger partial charge in [0.25, 0.3) is 15.9 Å². The number of carbonyl (C=O) groups excluding carboxylic acids is 1. The number of hydrogen-bond donors (Lipinski definition) is 3. The minimum absolute atomic E-state index is 0.00220. The molecule has 6 nitrogen and oxygen atoms in total. The molecular weight excluding hydrogens is 304 g/mol. The lowest BCUT2D eigenvalue weighted by Gasteiger charge is -2.08. The van der Waals surface area contributed by atoms with Crippen LogP contribution in [-0.4, -0.2) is 19.4 Å². The summed E-state index contributed by atoms with van der Waals surface area (Å²) in [5.74, 6) is -1.64. The Balaban J connectivity index is 2.32. The van der Waals surface area contributed by atoms with Gasteiger partial charge in [0.1, 0.15) is 0 Å². The van der Waals surface area contributed by atoms with Crippen molar-refractivity contribution in [2.45, 2.75) is 4.90 Å². The molecule has 1 amide bonds. The smallest absolute Gasteiger partial charge is 0.283 e. The van der Waals surface area contributed by atoms with Crippen LogP contribution in [0.5, 0.6) is 0 Å². The number of primary amides is 1. The van der Waals surface area contributed by atoms with Gasteiger partial charge in [0, 0.05) is 5.69 Å². The van der Waals surface area contributed by atoms with Crippen molar-refractivity contribution in [1.29, 1.82) is 0 Å². The number of benzene rings is 2. The summed E-state index contributed by atoms with van der Waals surface area (Å²) in [5.41, 5.74) is 5.70. The van der Waals surface area contributed by atoms with E-state index in [-0.39, 0.29) is 4.90 Å². The Bertz CT molecular complexity index is 814. The minimum Gasteiger partial charge on any atom is -0.503 e. The van der Waals surface area contributed by atoms with Crippen molar-refractivity contribution in [1.82, 2.24) is 0 Å². The fourth-order valence-electron chi connectivity index (χ4n) is 1.72. The van der Waals surface area contributed by atoms with E-state index in [0.717, 1.165) is 6.08 Å². The zero-order chi connectivity index (χ0) is 16.2.